The van der Waals surface area contributed by atoms with Crippen LogP contribution >= 0.6 is 11.6 Å². The highest BCUT2D eigenvalue weighted by Crippen LogP contribution is 2.26. The molecule has 0 aromatic heterocycles. The second-order valence-electron chi connectivity index (χ2n) is 9.98. The fourth-order valence-corrected chi connectivity index (χ4v) is 6.44. The maximum absolute atomic E-state index is 14.0. The van der Waals surface area contributed by atoms with E-state index in [1.54, 1.807) is 31.2 Å². The van der Waals surface area contributed by atoms with E-state index in [0.717, 1.165) is 42.1 Å². The van der Waals surface area contributed by atoms with Crippen molar-refractivity contribution in [2.24, 2.45) is 0 Å². The summed E-state index contributed by atoms with van der Waals surface area (Å²) in [5, 5.41) is 3.49. The Balaban J connectivity index is 1.68. The van der Waals surface area contributed by atoms with Crippen LogP contribution in [0.15, 0.2) is 77.7 Å². The number of hydrogen-bond acceptors (Lipinski definition) is 5. The third kappa shape index (κ3) is 7.56. The average Bonchev–Trinajstić information content (AvgIpc) is 3.48. The summed E-state index contributed by atoms with van der Waals surface area (Å²) >= 11 is 6.18. The van der Waals surface area contributed by atoms with Crippen LogP contribution in [0.5, 0.6) is 5.75 Å². The van der Waals surface area contributed by atoms with Crippen molar-refractivity contribution < 1.29 is 27.1 Å². The van der Waals surface area contributed by atoms with Gasteiger partial charge in [-0.1, -0.05) is 36.6 Å². The number of anilines is 1. The number of carbonyl (C=O) groups is 2. The molecule has 41 heavy (non-hydrogen) atoms. The Morgan fingerprint density at radius 2 is 1.71 bits per heavy atom. The molecule has 2 amide bonds. The highest BCUT2D eigenvalue weighted by atomic mass is 35.5. The van der Waals surface area contributed by atoms with E-state index in [4.69, 9.17) is 16.3 Å². The molecule has 0 heterocycles. The van der Waals surface area contributed by atoms with E-state index in [1.807, 2.05) is 0 Å². The Labute approximate surface area is 245 Å². The van der Waals surface area contributed by atoms with E-state index in [0.29, 0.717) is 16.3 Å². The van der Waals surface area contributed by atoms with Gasteiger partial charge in [-0.25, -0.2) is 12.8 Å². The minimum atomic E-state index is -4.28. The summed E-state index contributed by atoms with van der Waals surface area (Å²) in [6.07, 6.45) is 3.80. The molecule has 0 aliphatic heterocycles. The van der Waals surface area contributed by atoms with Crippen LogP contribution in [0.25, 0.3) is 0 Å². The molecular formula is C30H33ClFN3O5S. The van der Waals surface area contributed by atoms with Gasteiger partial charge in [-0.2, -0.15) is 0 Å². The van der Waals surface area contributed by atoms with E-state index in [-0.39, 0.29) is 29.1 Å². The number of methoxy groups -OCH3 is 1. The molecule has 218 valence electrons. The Hall–Kier alpha value is -3.63. The SMILES string of the molecule is COc1ccc(S(=O)(=O)N(CC(=O)N(Cc2cccc(Cl)c2)[C@@H](C)C(=O)NC2CCCC2)c2ccc(F)cc2)cc1. The van der Waals surface area contributed by atoms with Gasteiger partial charge in [0.05, 0.1) is 17.7 Å². The first-order valence-electron chi connectivity index (χ1n) is 13.3. The minimum Gasteiger partial charge on any atom is -0.497 e. The molecule has 0 saturated heterocycles. The van der Waals surface area contributed by atoms with Crippen LogP contribution in [0.1, 0.15) is 38.2 Å². The van der Waals surface area contributed by atoms with Crippen LogP contribution in [0.3, 0.4) is 0 Å². The van der Waals surface area contributed by atoms with Crippen molar-refractivity contribution in [2.75, 3.05) is 18.0 Å². The monoisotopic (exact) mass is 601 g/mol. The Morgan fingerprint density at radius 1 is 1.05 bits per heavy atom. The van der Waals surface area contributed by atoms with Gasteiger partial charge >= 0.3 is 0 Å². The number of benzene rings is 3. The first kappa shape index (κ1) is 30.3. The molecule has 1 aliphatic rings. The molecule has 1 N–H and O–H groups in total. The van der Waals surface area contributed by atoms with Gasteiger partial charge < -0.3 is 15.0 Å². The maximum atomic E-state index is 14.0. The van der Waals surface area contributed by atoms with Crippen molar-refractivity contribution in [1.29, 1.82) is 0 Å². The third-order valence-electron chi connectivity index (χ3n) is 7.15. The van der Waals surface area contributed by atoms with Crippen LogP contribution in [0, 0.1) is 5.82 Å². The van der Waals surface area contributed by atoms with Gasteiger partial charge in [0.25, 0.3) is 10.0 Å². The molecule has 11 heteroatoms. The van der Waals surface area contributed by atoms with Crippen molar-refractivity contribution in [3.63, 3.8) is 0 Å². The Morgan fingerprint density at radius 3 is 2.32 bits per heavy atom. The highest BCUT2D eigenvalue weighted by molar-refractivity contribution is 7.92. The second kappa shape index (κ2) is 13.4. The fraction of sp³-hybridized carbons (Fsp3) is 0.333. The molecule has 1 aliphatic carbocycles. The quantitative estimate of drug-likeness (QED) is 0.328. The lowest BCUT2D eigenvalue weighted by atomic mass is 10.1. The summed E-state index contributed by atoms with van der Waals surface area (Å²) in [6, 6.07) is 16.6. The van der Waals surface area contributed by atoms with E-state index >= 15 is 0 Å². The minimum absolute atomic E-state index is 0.0263. The summed E-state index contributed by atoms with van der Waals surface area (Å²) in [5.41, 5.74) is 0.777. The number of ether oxygens (including phenoxy) is 1. The number of nitrogens with zero attached hydrogens (tertiary/aromatic N) is 2. The topological polar surface area (TPSA) is 96.0 Å². The Kier molecular flexibility index (Phi) is 9.88. The van der Waals surface area contributed by atoms with Gasteiger partial charge in [-0.15, -0.1) is 0 Å². The van der Waals surface area contributed by atoms with Crippen molar-refractivity contribution >= 4 is 39.1 Å². The zero-order valence-corrected chi connectivity index (χ0v) is 24.5. The van der Waals surface area contributed by atoms with Gasteiger partial charge in [-0.05, 0) is 86.0 Å². The van der Waals surface area contributed by atoms with Crippen molar-refractivity contribution in [1.82, 2.24) is 10.2 Å². The molecule has 3 aromatic rings. The number of nitrogens with one attached hydrogen (secondary N) is 1. The molecule has 1 fully saturated rings. The van der Waals surface area contributed by atoms with Crippen LogP contribution in [-0.4, -0.2) is 50.9 Å². The van der Waals surface area contributed by atoms with Crippen LogP contribution < -0.4 is 14.4 Å². The van der Waals surface area contributed by atoms with E-state index in [2.05, 4.69) is 5.32 Å². The predicted octanol–water partition coefficient (Wildman–Crippen LogP) is 5.16. The fourth-order valence-electron chi connectivity index (χ4n) is 4.82. The van der Waals surface area contributed by atoms with E-state index in [9.17, 15) is 22.4 Å². The summed E-state index contributed by atoms with van der Waals surface area (Å²) in [4.78, 5) is 28.5. The number of rotatable bonds is 11. The molecule has 0 spiro atoms. The molecule has 3 aromatic carbocycles. The van der Waals surface area contributed by atoms with Gasteiger partial charge in [0.15, 0.2) is 0 Å². The molecule has 4 rings (SSSR count). The number of amides is 2. The summed E-state index contributed by atoms with van der Waals surface area (Å²) in [6.45, 7) is 1.02. The van der Waals surface area contributed by atoms with Crippen LogP contribution in [0.2, 0.25) is 5.02 Å². The molecule has 1 saturated carbocycles. The number of hydrogen-bond donors (Lipinski definition) is 1. The zero-order valence-electron chi connectivity index (χ0n) is 22.9. The molecule has 1 atom stereocenters. The van der Waals surface area contributed by atoms with Crippen molar-refractivity contribution in [3.8, 4) is 5.75 Å². The van der Waals surface area contributed by atoms with Crippen molar-refractivity contribution in [2.45, 2.75) is 56.1 Å². The second-order valence-corrected chi connectivity index (χ2v) is 12.3. The maximum Gasteiger partial charge on any atom is 0.264 e. The smallest absolute Gasteiger partial charge is 0.264 e. The Bertz CT molecular complexity index is 1460. The number of carbonyl (C=O) groups excluding carboxylic acids is 2. The first-order chi connectivity index (χ1) is 19.6. The van der Waals surface area contributed by atoms with Gasteiger partial charge in [-0.3, -0.25) is 13.9 Å². The number of halogens is 2. The highest BCUT2D eigenvalue weighted by Gasteiger charge is 2.33. The van der Waals surface area contributed by atoms with E-state index in [1.165, 1.54) is 48.4 Å². The molecular weight excluding hydrogens is 569 g/mol. The van der Waals surface area contributed by atoms with Gasteiger partial charge in [0, 0.05) is 17.6 Å². The molecule has 0 radical (unpaired) electrons. The summed E-state index contributed by atoms with van der Waals surface area (Å²) in [5.74, 6) is -1.02. The lowest BCUT2D eigenvalue weighted by molar-refractivity contribution is -0.139. The van der Waals surface area contributed by atoms with Crippen LogP contribution in [0.4, 0.5) is 10.1 Å². The van der Waals surface area contributed by atoms with Gasteiger partial charge in [0.1, 0.15) is 24.2 Å². The number of sulfonamides is 1. The summed E-state index contributed by atoms with van der Waals surface area (Å²) < 4.78 is 47.5. The largest absolute Gasteiger partial charge is 0.497 e. The van der Waals surface area contributed by atoms with Crippen LogP contribution in [-0.2, 0) is 26.2 Å². The molecule has 0 bridgehead atoms. The normalized spacial score (nSPS) is 14.3. The summed E-state index contributed by atoms with van der Waals surface area (Å²) in [7, 11) is -2.81. The standard InChI is InChI=1S/C30H33ClFN3O5S/c1-21(30(37)33-25-8-3-4-9-25)34(19-22-6-5-7-23(31)18-22)29(36)20-35(26-12-10-24(32)11-13-26)41(38,39)28-16-14-27(40-2)15-17-28/h5-7,10-18,21,25H,3-4,8-9,19-20H2,1-2H3,(H,33,37)/t21-/m0/s1. The first-order valence-corrected chi connectivity index (χ1v) is 15.2. The van der Waals surface area contributed by atoms with Gasteiger partial charge in [0.2, 0.25) is 11.8 Å². The lowest BCUT2D eigenvalue weighted by Crippen LogP contribution is -2.52. The zero-order chi connectivity index (χ0) is 29.6. The average molecular weight is 602 g/mol. The third-order valence-corrected chi connectivity index (χ3v) is 9.17. The lowest BCUT2D eigenvalue weighted by Gasteiger charge is -2.32. The predicted molar refractivity (Wildman–Crippen MR) is 156 cm³/mol. The van der Waals surface area contributed by atoms with E-state index < -0.39 is 34.3 Å². The molecule has 0 unspecified atom stereocenters. The van der Waals surface area contributed by atoms with Crippen molar-refractivity contribution in [3.05, 3.63) is 89.2 Å². The molecule has 8 nitrogen and oxygen atoms in total.